The lowest BCUT2D eigenvalue weighted by atomic mass is 10.2. The van der Waals surface area contributed by atoms with E-state index in [0.717, 1.165) is 6.42 Å². The van der Waals surface area contributed by atoms with Crippen LogP contribution in [0.1, 0.15) is 19.8 Å². The highest BCUT2D eigenvalue weighted by atomic mass is 16.3. The number of rotatable bonds is 4. The third-order valence-electron chi connectivity index (χ3n) is 1.27. The van der Waals surface area contributed by atoms with Crippen LogP contribution in [0.5, 0.6) is 0 Å². The van der Waals surface area contributed by atoms with E-state index in [1.807, 2.05) is 13.0 Å². The van der Waals surface area contributed by atoms with Gasteiger partial charge in [0.15, 0.2) is 0 Å². The molecule has 64 valence electrons. The Bertz CT molecular complexity index is 143. The number of nitrogens with one attached hydrogen (secondary N) is 1. The van der Waals surface area contributed by atoms with E-state index in [4.69, 9.17) is 5.11 Å². The second kappa shape index (κ2) is 5.92. The molecule has 1 amide bonds. The molecule has 0 rings (SSSR count). The Hall–Kier alpha value is -0.830. The predicted molar refractivity (Wildman–Crippen MR) is 44.1 cm³/mol. The lowest BCUT2D eigenvalue weighted by Crippen LogP contribution is -2.22. The molecule has 11 heavy (non-hydrogen) atoms. The molecular formula is C8H15NO2. The van der Waals surface area contributed by atoms with Crippen LogP contribution in [0.25, 0.3) is 0 Å². The summed E-state index contributed by atoms with van der Waals surface area (Å²) in [6, 6.07) is 0. The van der Waals surface area contributed by atoms with Crippen molar-refractivity contribution < 1.29 is 9.90 Å². The average molecular weight is 157 g/mol. The highest BCUT2D eigenvalue weighted by Crippen LogP contribution is 1.94. The van der Waals surface area contributed by atoms with Gasteiger partial charge in [0, 0.05) is 7.05 Å². The maximum absolute atomic E-state index is 10.7. The second-order valence-electron chi connectivity index (χ2n) is 2.28. The number of aliphatic hydroxyl groups is 1. The van der Waals surface area contributed by atoms with Crippen LogP contribution < -0.4 is 5.32 Å². The molecule has 0 aliphatic heterocycles. The van der Waals surface area contributed by atoms with Crippen molar-refractivity contribution in [1.82, 2.24) is 5.32 Å². The van der Waals surface area contributed by atoms with E-state index >= 15 is 0 Å². The van der Waals surface area contributed by atoms with Gasteiger partial charge in [-0.3, -0.25) is 4.79 Å². The van der Waals surface area contributed by atoms with E-state index in [2.05, 4.69) is 5.32 Å². The standard InChI is InChI=1S/C8H15NO2/c1-3-4-5-7(10)6-8(11)9-2/h4-5,7,10H,3,6H2,1-2H3,(H,9,11)/b5-4+. The summed E-state index contributed by atoms with van der Waals surface area (Å²) in [6.07, 6.45) is 3.86. The summed E-state index contributed by atoms with van der Waals surface area (Å²) in [4.78, 5) is 10.7. The smallest absolute Gasteiger partial charge is 0.222 e. The Kier molecular flexibility index (Phi) is 5.47. The first-order valence-electron chi connectivity index (χ1n) is 3.76. The molecule has 0 heterocycles. The molecule has 0 saturated carbocycles. The van der Waals surface area contributed by atoms with Crippen molar-refractivity contribution in [2.45, 2.75) is 25.9 Å². The van der Waals surface area contributed by atoms with E-state index < -0.39 is 6.10 Å². The van der Waals surface area contributed by atoms with Crippen molar-refractivity contribution in [2.75, 3.05) is 7.05 Å². The summed E-state index contributed by atoms with van der Waals surface area (Å²) < 4.78 is 0. The SMILES string of the molecule is CC/C=C/C(O)CC(=O)NC. The summed E-state index contributed by atoms with van der Waals surface area (Å²) >= 11 is 0. The molecule has 0 spiro atoms. The summed E-state index contributed by atoms with van der Waals surface area (Å²) in [5, 5.41) is 11.6. The molecular weight excluding hydrogens is 142 g/mol. The van der Waals surface area contributed by atoms with Crippen LogP contribution in [-0.4, -0.2) is 24.2 Å². The number of amides is 1. The Morgan fingerprint density at radius 3 is 2.82 bits per heavy atom. The number of aliphatic hydroxyl groups excluding tert-OH is 1. The molecule has 0 aromatic rings. The number of carbonyl (C=O) groups is 1. The van der Waals surface area contributed by atoms with E-state index in [9.17, 15) is 4.79 Å². The van der Waals surface area contributed by atoms with Gasteiger partial charge in [0.2, 0.25) is 5.91 Å². The molecule has 0 saturated heterocycles. The molecule has 0 aliphatic rings. The van der Waals surface area contributed by atoms with Crippen molar-refractivity contribution in [3.05, 3.63) is 12.2 Å². The summed E-state index contributed by atoms with van der Waals surface area (Å²) in [6.45, 7) is 1.98. The van der Waals surface area contributed by atoms with Gasteiger partial charge >= 0.3 is 0 Å². The van der Waals surface area contributed by atoms with Gasteiger partial charge in [0.1, 0.15) is 0 Å². The first-order valence-corrected chi connectivity index (χ1v) is 3.76. The normalized spacial score (nSPS) is 13.4. The lowest BCUT2D eigenvalue weighted by Gasteiger charge is -2.02. The summed E-state index contributed by atoms with van der Waals surface area (Å²) in [5.74, 6) is -0.141. The fourth-order valence-corrected chi connectivity index (χ4v) is 0.653. The maximum Gasteiger partial charge on any atom is 0.222 e. The Morgan fingerprint density at radius 2 is 2.36 bits per heavy atom. The molecule has 0 bridgehead atoms. The zero-order valence-corrected chi connectivity index (χ0v) is 7.00. The lowest BCUT2D eigenvalue weighted by molar-refractivity contribution is -0.121. The van der Waals surface area contributed by atoms with E-state index in [-0.39, 0.29) is 12.3 Å². The molecule has 0 aromatic carbocycles. The van der Waals surface area contributed by atoms with Crippen LogP contribution in [0.3, 0.4) is 0 Å². The van der Waals surface area contributed by atoms with Gasteiger partial charge in [-0.05, 0) is 6.42 Å². The van der Waals surface area contributed by atoms with Crippen molar-refractivity contribution in [1.29, 1.82) is 0 Å². The van der Waals surface area contributed by atoms with Gasteiger partial charge in [-0.2, -0.15) is 0 Å². The van der Waals surface area contributed by atoms with Crippen molar-refractivity contribution in [2.24, 2.45) is 0 Å². The fraction of sp³-hybridized carbons (Fsp3) is 0.625. The molecule has 0 aromatic heterocycles. The van der Waals surface area contributed by atoms with Crippen LogP contribution in [-0.2, 0) is 4.79 Å². The van der Waals surface area contributed by atoms with Gasteiger partial charge in [0.05, 0.1) is 12.5 Å². The van der Waals surface area contributed by atoms with Gasteiger partial charge in [0.25, 0.3) is 0 Å². The number of carbonyl (C=O) groups excluding carboxylic acids is 1. The van der Waals surface area contributed by atoms with Gasteiger partial charge < -0.3 is 10.4 Å². The minimum atomic E-state index is -0.644. The molecule has 2 N–H and O–H groups in total. The summed E-state index contributed by atoms with van der Waals surface area (Å²) in [7, 11) is 1.55. The highest BCUT2D eigenvalue weighted by Gasteiger charge is 2.04. The first kappa shape index (κ1) is 10.2. The van der Waals surface area contributed by atoms with Crippen molar-refractivity contribution >= 4 is 5.91 Å². The zero-order chi connectivity index (χ0) is 8.69. The second-order valence-corrected chi connectivity index (χ2v) is 2.28. The largest absolute Gasteiger partial charge is 0.389 e. The summed E-state index contributed by atoms with van der Waals surface area (Å²) in [5.41, 5.74) is 0. The van der Waals surface area contributed by atoms with E-state index in [1.165, 1.54) is 0 Å². The molecule has 0 radical (unpaired) electrons. The predicted octanol–water partition coefficient (Wildman–Crippen LogP) is 0.450. The maximum atomic E-state index is 10.7. The zero-order valence-electron chi connectivity index (χ0n) is 7.00. The molecule has 3 nitrogen and oxygen atoms in total. The number of allylic oxidation sites excluding steroid dienone is 1. The van der Waals surface area contributed by atoms with Crippen LogP contribution >= 0.6 is 0 Å². The Morgan fingerprint density at radius 1 is 1.73 bits per heavy atom. The van der Waals surface area contributed by atoms with E-state index in [1.54, 1.807) is 13.1 Å². The minimum Gasteiger partial charge on any atom is -0.389 e. The topological polar surface area (TPSA) is 49.3 Å². The third kappa shape index (κ3) is 5.61. The highest BCUT2D eigenvalue weighted by molar-refractivity contribution is 5.76. The molecule has 0 aliphatic carbocycles. The van der Waals surface area contributed by atoms with E-state index in [0.29, 0.717) is 0 Å². The van der Waals surface area contributed by atoms with Crippen molar-refractivity contribution in [3.8, 4) is 0 Å². The van der Waals surface area contributed by atoms with Crippen LogP contribution in [0.2, 0.25) is 0 Å². The molecule has 3 heteroatoms. The molecule has 1 unspecified atom stereocenters. The number of hydrogen-bond acceptors (Lipinski definition) is 2. The van der Waals surface area contributed by atoms with Gasteiger partial charge in [-0.25, -0.2) is 0 Å². The van der Waals surface area contributed by atoms with Gasteiger partial charge in [-0.1, -0.05) is 19.1 Å². The quantitative estimate of drug-likeness (QED) is 0.582. The third-order valence-corrected chi connectivity index (χ3v) is 1.27. The minimum absolute atomic E-state index is 0.141. The van der Waals surface area contributed by atoms with Crippen molar-refractivity contribution in [3.63, 3.8) is 0 Å². The Labute approximate surface area is 67.1 Å². The number of hydrogen-bond donors (Lipinski definition) is 2. The average Bonchev–Trinajstić information content (AvgIpc) is 2.00. The Balaban J connectivity index is 3.59. The molecule has 0 fully saturated rings. The van der Waals surface area contributed by atoms with Gasteiger partial charge in [-0.15, -0.1) is 0 Å². The van der Waals surface area contributed by atoms with Crippen LogP contribution in [0.4, 0.5) is 0 Å². The first-order chi connectivity index (χ1) is 5.20. The molecule has 1 atom stereocenters. The fourth-order valence-electron chi connectivity index (χ4n) is 0.653. The van der Waals surface area contributed by atoms with Crippen LogP contribution in [0.15, 0.2) is 12.2 Å². The monoisotopic (exact) mass is 157 g/mol. The van der Waals surface area contributed by atoms with Crippen LogP contribution in [0, 0.1) is 0 Å².